The molecule has 7 nitrogen and oxygen atoms in total. The van der Waals surface area contributed by atoms with Gasteiger partial charge < -0.3 is 19.8 Å². The summed E-state index contributed by atoms with van der Waals surface area (Å²) >= 11 is 0. The van der Waals surface area contributed by atoms with Crippen LogP contribution in [0.5, 0.6) is 0 Å². The van der Waals surface area contributed by atoms with E-state index in [1.165, 1.54) is 17.7 Å². The molecule has 20 heavy (non-hydrogen) atoms. The van der Waals surface area contributed by atoms with Crippen molar-refractivity contribution in [3.05, 3.63) is 28.2 Å². The second kappa shape index (κ2) is 5.38. The number of esters is 1. The lowest BCUT2D eigenvalue weighted by atomic mass is 10.1. The number of nitrogens with two attached hydrogens (primary N) is 1. The van der Waals surface area contributed by atoms with Crippen LogP contribution in [0.3, 0.4) is 0 Å². The summed E-state index contributed by atoms with van der Waals surface area (Å²) < 4.78 is 11.3. The molecule has 0 saturated heterocycles. The van der Waals surface area contributed by atoms with Crippen molar-refractivity contribution in [1.82, 2.24) is 9.47 Å². The van der Waals surface area contributed by atoms with Gasteiger partial charge in [0, 0.05) is 18.8 Å². The quantitative estimate of drug-likeness (QED) is 0.648. The molecule has 0 aliphatic heterocycles. The summed E-state index contributed by atoms with van der Waals surface area (Å²) in [6.45, 7) is 1.02. The maximum atomic E-state index is 11.9. The summed E-state index contributed by atoms with van der Waals surface area (Å²) in [5.41, 5.74) is 6.95. The van der Waals surface area contributed by atoms with Crippen LogP contribution in [0.2, 0.25) is 0 Å². The van der Waals surface area contributed by atoms with Crippen LogP contribution in [0.4, 0.5) is 5.69 Å². The fourth-order valence-electron chi connectivity index (χ4n) is 2.00. The summed E-state index contributed by atoms with van der Waals surface area (Å²) in [4.78, 5) is 25.7. The van der Waals surface area contributed by atoms with Crippen LogP contribution >= 0.6 is 0 Å². The Hall–Kier alpha value is -2.28. The molecule has 0 spiro atoms. The van der Waals surface area contributed by atoms with E-state index in [1.54, 1.807) is 6.07 Å². The van der Waals surface area contributed by atoms with Gasteiger partial charge in [-0.25, -0.2) is 9.59 Å². The van der Waals surface area contributed by atoms with Crippen LogP contribution in [0.1, 0.15) is 10.4 Å². The summed E-state index contributed by atoms with van der Waals surface area (Å²) in [6.07, 6.45) is 0. The predicted octanol–water partition coefficient (Wildman–Crippen LogP) is 0.525. The van der Waals surface area contributed by atoms with Gasteiger partial charge >= 0.3 is 11.7 Å². The molecule has 0 atom stereocenters. The number of anilines is 1. The summed E-state index contributed by atoms with van der Waals surface area (Å²) in [7, 11) is 5.05. The van der Waals surface area contributed by atoms with Crippen molar-refractivity contribution in [3.8, 4) is 0 Å². The molecule has 1 aromatic heterocycles. The Kier molecular flexibility index (Phi) is 3.80. The minimum absolute atomic E-state index is 0.162. The molecule has 0 aliphatic rings. The number of benzene rings is 1. The van der Waals surface area contributed by atoms with Gasteiger partial charge in [0.15, 0.2) is 5.58 Å². The average Bonchev–Trinajstić information content (AvgIpc) is 2.71. The first-order chi connectivity index (χ1) is 9.45. The van der Waals surface area contributed by atoms with Crippen LogP contribution in [-0.4, -0.2) is 43.2 Å². The second-order valence-electron chi connectivity index (χ2n) is 4.69. The van der Waals surface area contributed by atoms with Crippen LogP contribution in [0, 0.1) is 0 Å². The van der Waals surface area contributed by atoms with Gasteiger partial charge in [0.05, 0.1) is 7.11 Å². The molecule has 2 N–H and O–H groups in total. The number of ether oxygens (including phenoxy) is 1. The molecule has 0 fully saturated rings. The molecule has 0 saturated carbocycles. The Bertz CT molecular complexity index is 699. The minimum atomic E-state index is -0.590. The largest absolute Gasteiger partial charge is 0.465 e. The predicted molar refractivity (Wildman–Crippen MR) is 74.8 cm³/mol. The van der Waals surface area contributed by atoms with Gasteiger partial charge in [0.2, 0.25) is 0 Å². The van der Waals surface area contributed by atoms with Gasteiger partial charge in [-0.1, -0.05) is 0 Å². The van der Waals surface area contributed by atoms with Gasteiger partial charge in [-0.2, -0.15) is 0 Å². The fourth-order valence-corrected chi connectivity index (χ4v) is 2.00. The lowest BCUT2D eigenvalue weighted by Crippen LogP contribution is -2.24. The van der Waals surface area contributed by atoms with E-state index in [4.69, 9.17) is 14.9 Å². The number of carbonyl (C=O) groups is 1. The van der Waals surface area contributed by atoms with E-state index in [-0.39, 0.29) is 11.3 Å². The summed E-state index contributed by atoms with van der Waals surface area (Å²) in [6, 6.07) is 3.10. The monoisotopic (exact) mass is 279 g/mol. The number of likely N-dealkylation sites (N-methyl/N-ethyl adjacent to an activating group) is 1. The zero-order valence-corrected chi connectivity index (χ0v) is 11.7. The van der Waals surface area contributed by atoms with E-state index in [0.717, 1.165) is 0 Å². The van der Waals surface area contributed by atoms with E-state index in [2.05, 4.69) is 0 Å². The van der Waals surface area contributed by atoms with Gasteiger partial charge in [0.1, 0.15) is 11.1 Å². The molecule has 2 aromatic rings. The standard InChI is InChI=1S/C13H17N3O4/c1-15(2)6-7-16-11-9(20-13(16)18)5-4-8(14)10(11)12(17)19-3/h4-5H,6-7,14H2,1-3H3. The zero-order chi connectivity index (χ0) is 14.9. The van der Waals surface area contributed by atoms with Crippen molar-refractivity contribution in [3.63, 3.8) is 0 Å². The fraction of sp³-hybridized carbons (Fsp3) is 0.385. The normalized spacial score (nSPS) is 11.2. The number of rotatable bonds is 4. The molecule has 108 valence electrons. The highest BCUT2D eigenvalue weighted by molar-refractivity contribution is 6.06. The zero-order valence-electron chi connectivity index (χ0n) is 11.7. The second-order valence-corrected chi connectivity index (χ2v) is 4.69. The topological polar surface area (TPSA) is 90.7 Å². The highest BCUT2D eigenvalue weighted by Crippen LogP contribution is 2.24. The number of fused-ring (bicyclic) bond motifs is 1. The third-order valence-corrected chi connectivity index (χ3v) is 3.02. The Labute approximate surface area is 115 Å². The van der Waals surface area contributed by atoms with E-state index in [1.807, 2.05) is 19.0 Å². The SMILES string of the molecule is COC(=O)c1c(N)ccc2oc(=O)n(CCN(C)C)c12. The lowest BCUT2D eigenvalue weighted by molar-refractivity contribution is 0.0603. The average molecular weight is 279 g/mol. The number of carbonyl (C=O) groups excluding carboxylic acids is 1. The van der Waals surface area contributed by atoms with E-state index in [0.29, 0.717) is 24.2 Å². The Morgan fingerprint density at radius 1 is 1.45 bits per heavy atom. The van der Waals surface area contributed by atoms with Crippen molar-refractivity contribution < 1.29 is 13.9 Å². The lowest BCUT2D eigenvalue weighted by Gasteiger charge is -2.11. The van der Waals surface area contributed by atoms with Crippen molar-refractivity contribution in [2.45, 2.75) is 6.54 Å². The third kappa shape index (κ3) is 2.39. The highest BCUT2D eigenvalue weighted by Gasteiger charge is 2.21. The van der Waals surface area contributed by atoms with E-state index in [9.17, 15) is 9.59 Å². The molecule has 0 radical (unpaired) electrons. The maximum Gasteiger partial charge on any atom is 0.420 e. The smallest absolute Gasteiger partial charge is 0.420 e. The number of oxazole rings is 1. The number of nitrogen functional groups attached to an aromatic ring is 1. The Morgan fingerprint density at radius 3 is 2.75 bits per heavy atom. The Balaban J connectivity index is 2.67. The molecule has 7 heteroatoms. The molecular formula is C13H17N3O4. The first-order valence-corrected chi connectivity index (χ1v) is 6.10. The van der Waals surface area contributed by atoms with Crippen LogP contribution in [-0.2, 0) is 11.3 Å². The maximum absolute atomic E-state index is 11.9. The number of methoxy groups -OCH3 is 1. The molecule has 0 aliphatic carbocycles. The van der Waals surface area contributed by atoms with E-state index < -0.39 is 11.7 Å². The highest BCUT2D eigenvalue weighted by atomic mass is 16.5. The molecule has 0 bridgehead atoms. The molecule has 0 unspecified atom stereocenters. The van der Waals surface area contributed by atoms with Gasteiger partial charge in [-0.15, -0.1) is 0 Å². The minimum Gasteiger partial charge on any atom is -0.465 e. The van der Waals surface area contributed by atoms with Gasteiger partial charge in [0.25, 0.3) is 0 Å². The van der Waals surface area contributed by atoms with Crippen LogP contribution in [0.15, 0.2) is 21.3 Å². The molecule has 1 heterocycles. The summed E-state index contributed by atoms with van der Waals surface area (Å²) in [5, 5.41) is 0. The molecule has 1 aromatic carbocycles. The molecular weight excluding hydrogens is 262 g/mol. The molecule has 0 amide bonds. The van der Waals surface area contributed by atoms with Crippen molar-refractivity contribution >= 4 is 22.8 Å². The van der Waals surface area contributed by atoms with Gasteiger partial charge in [-0.3, -0.25) is 4.57 Å². The molecule has 2 rings (SSSR count). The first-order valence-electron chi connectivity index (χ1n) is 6.10. The summed E-state index contributed by atoms with van der Waals surface area (Å²) in [5.74, 6) is -1.11. The van der Waals surface area contributed by atoms with E-state index >= 15 is 0 Å². The Morgan fingerprint density at radius 2 is 2.15 bits per heavy atom. The van der Waals surface area contributed by atoms with Crippen molar-refractivity contribution in [2.24, 2.45) is 0 Å². The number of hydrogen-bond acceptors (Lipinski definition) is 6. The van der Waals surface area contributed by atoms with Crippen LogP contribution < -0.4 is 11.5 Å². The number of aromatic nitrogens is 1. The van der Waals surface area contributed by atoms with Crippen molar-refractivity contribution in [2.75, 3.05) is 33.5 Å². The van der Waals surface area contributed by atoms with Crippen LogP contribution in [0.25, 0.3) is 11.1 Å². The number of nitrogens with zero attached hydrogens (tertiary/aromatic N) is 2. The van der Waals surface area contributed by atoms with Crippen molar-refractivity contribution in [1.29, 1.82) is 0 Å². The van der Waals surface area contributed by atoms with Gasteiger partial charge in [-0.05, 0) is 26.2 Å². The third-order valence-electron chi connectivity index (χ3n) is 3.02. The first kappa shape index (κ1) is 14.1. The number of hydrogen-bond donors (Lipinski definition) is 1.